The second-order valence-electron chi connectivity index (χ2n) is 8.14. The zero-order valence-corrected chi connectivity index (χ0v) is 19.4. The Morgan fingerprint density at radius 3 is 2.58 bits per heavy atom. The summed E-state index contributed by atoms with van der Waals surface area (Å²) in [5, 5.41) is 9.17. The predicted molar refractivity (Wildman–Crippen MR) is 129 cm³/mol. The number of carbonyl (C=O) groups excluding carboxylic acids is 1. The number of amides is 1. The van der Waals surface area contributed by atoms with E-state index in [1.165, 1.54) is 40.0 Å². The van der Waals surface area contributed by atoms with Gasteiger partial charge in [0, 0.05) is 36.3 Å². The lowest BCUT2D eigenvalue weighted by molar-refractivity contribution is -0.116. The zero-order valence-electron chi connectivity index (χ0n) is 19.4. The van der Waals surface area contributed by atoms with Gasteiger partial charge >= 0.3 is 11.7 Å². The Morgan fingerprint density at radius 1 is 1.14 bits per heavy atom. The molecule has 0 aliphatic heterocycles. The van der Waals surface area contributed by atoms with Crippen molar-refractivity contribution in [3.05, 3.63) is 82.8 Å². The molecule has 5 aromatic rings. The second-order valence-corrected chi connectivity index (χ2v) is 8.14. The number of anilines is 1. The summed E-state index contributed by atoms with van der Waals surface area (Å²) in [7, 11) is 1.57. The van der Waals surface area contributed by atoms with Gasteiger partial charge in [0.1, 0.15) is 18.7 Å². The quantitative estimate of drug-likeness (QED) is 0.360. The number of fused-ring (bicyclic) bond motifs is 1. The number of halogens is 1. The Hall–Kier alpha value is -4.87. The van der Waals surface area contributed by atoms with Crippen LogP contribution in [0.25, 0.3) is 22.2 Å². The van der Waals surface area contributed by atoms with Crippen molar-refractivity contribution in [1.29, 1.82) is 0 Å². The lowest BCUT2D eigenvalue weighted by atomic mass is 10.1. The number of nitrogens with zero attached hydrogens (tertiary/aromatic N) is 6. The minimum atomic E-state index is -0.568. The molecule has 1 amide bonds. The van der Waals surface area contributed by atoms with Gasteiger partial charge in [0.25, 0.3) is 0 Å². The first kappa shape index (κ1) is 22.9. The van der Waals surface area contributed by atoms with Gasteiger partial charge in [0.15, 0.2) is 12.4 Å². The summed E-state index contributed by atoms with van der Waals surface area (Å²) >= 11 is 0. The summed E-state index contributed by atoms with van der Waals surface area (Å²) in [6.07, 6.45) is 4.31. The number of aromatic nitrogens is 7. The van der Waals surface area contributed by atoms with Crippen molar-refractivity contribution < 1.29 is 13.9 Å². The first-order valence-corrected chi connectivity index (χ1v) is 10.9. The monoisotopic (exact) mass is 488 g/mol. The molecule has 3 heterocycles. The molecule has 0 atom stereocenters. The van der Waals surface area contributed by atoms with E-state index in [-0.39, 0.29) is 24.7 Å². The molecular formula is C24H21FN8O3. The Bertz CT molecular complexity index is 1590. The van der Waals surface area contributed by atoms with Gasteiger partial charge < -0.3 is 10.1 Å². The number of hydrogen-bond donors (Lipinski definition) is 2. The van der Waals surface area contributed by atoms with E-state index in [1.54, 1.807) is 19.2 Å². The highest BCUT2D eigenvalue weighted by atomic mass is 19.1. The van der Waals surface area contributed by atoms with E-state index in [0.29, 0.717) is 28.2 Å². The number of nitrogens with one attached hydrogen (secondary N) is 2. The van der Waals surface area contributed by atoms with Crippen molar-refractivity contribution in [2.24, 2.45) is 7.05 Å². The van der Waals surface area contributed by atoms with Crippen molar-refractivity contribution in [2.75, 3.05) is 5.32 Å². The molecule has 182 valence electrons. The van der Waals surface area contributed by atoms with Crippen LogP contribution in [-0.2, 0) is 25.0 Å². The van der Waals surface area contributed by atoms with Crippen molar-refractivity contribution in [3.8, 4) is 17.1 Å². The molecule has 12 heteroatoms. The predicted octanol–water partition coefficient (Wildman–Crippen LogP) is 2.58. The zero-order chi connectivity index (χ0) is 25.2. The number of imidazole rings is 1. The van der Waals surface area contributed by atoms with Crippen LogP contribution in [0.2, 0.25) is 0 Å². The number of aromatic amines is 1. The number of hydrogen-bond acceptors (Lipinski definition) is 7. The van der Waals surface area contributed by atoms with Crippen LogP contribution in [0.15, 0.2) is 59.9 Å². The third-order valence-corrected chi connectivity index (χ3v) is 5.58. The van der Waals surface area contributed by atoms with Crippen molar-refractivity contribution in [1.82, 2.24) is 34.3 Å². The number of carbonyl (C=O) groups is 1. The molecule has 11 nitrogen and oxygen atoms in total. The minimum Gasteiger partial charge on any atom is -0.455 e. The Morgan fingerprint density at radius 2 is 1.89 bits per heavy atom. The average molecular weight is 488 g/mol. The lowest BCUT2D eigenvalue weighted by Crippen LogP contribution is -2.28. The molecule has 0 aliphatic rings. The Balaban J connectivity index is 1.44. The largest absolute Gasteiger partial charge is 0.455 e. The van der Waals surface area contributed by atoms with Gasteiger partial charge in [-0.3, -0.25) is 19.0 Å². The molecule has 0 fully saturated rings. The number of ether oxygens (including phenoxy) is 1. The Kier molecular flexibility index (Phi) is 5.98. The normalized spacial score (nSPS) is 11.1. The molecule has 0 unspecified atom stereocenters. The number of aryl methyl sites for hydroxylation is 2. The van der Waals surface area contributed by atoms with E-state index < -0.39 is 17.4 Å². The van der Waals surface area contributed by atoms with Gasteiger partial charge in [-0.2, -0.15) is 5.10 Å². The fourth-order valence-electron chi connectivity index (χ4n) is 3.84. The van der Waals surface area contributed by atoms with Gasteiger partial charge in [-0.1, -0.05) is 17.7 Å². The highest BCUT2D eigenvalue weighted by Crippen LogP contribution is 2.29. The van der Waals surface area contributed by atoms with E-state index in [0.717, 1.165) is 5.56 Å². The molecule has 2 aromatic carbocycles. The number of H-pyrrole nitrogens is 1. The fourth-order valence-corrected chi connectivity index (χ4v) is 3.84. The summed E-state index contributed by atoms with van der Waals surface area (Å²) in [5.74, 6) is -0.463. The van der Waals surface area contributed by atoms with E-state index >= 15 is 0 Å². The highest BCUT2D eigenvalue weighted by molar-refractivity contribution is 5.95. The molecule has 0 saturated carbocycles. The molecule has 3 aromatic heterocycles. The van der Waals surface area contributed by atoms with Crippen LogP contribution in [0.1, 0.15) is 11.4 Å². The summed E-state index contributed by atoms with van der Waals surface area (Å²) < 4.78 is 22.8. The van der Waals surface area contributed by atoms with E-state index in [9.17, 15) is 14.0 Å². The Labute approximate surface area is 203 Å². The van der Waals surface area contributed by atoms with Gasteiger partial charge in [0.05, 0.1) is 11.0 Å². The molecule has 5 rings (SSSR count). The lowest BCUT2D eigenvalue weighted by Gasteiger charge is -2.08. The summed E-state index contributed by atoms with van der Waals surface area (Å²) in [6, 6.07) is 9.91. The van der Waals surface area contributed by atoms with Crippen LogP contribution in [0.5, 0.6) is 6.01 Å². The number of rotatable bonds is 7. The SMILES string of the molecule is Cc1ccc(NC(=O)Cn2c(=O)n(C)c3c(-c4cnc(OCc5ncn[nH]5)nc4)cc(F)cc32)cc1. The molecule has 36 heavy (non-hydrogen) atoms. The third kappa shape index (κ3) is 4.56. The maximum Gasteiger partial charge on any atom is 0.329 e. The van der Waals surface area contributed by atoms with Crippen LogP contribution in [0.4, 0.5) is 10.1 Å². The maximum absolute atomic E-state index is 14.7. The van der Waals surface area contributed by atoms with Gasteiger partial charge in [0.2, 0.25) is 5.91 Å². The van der Waals surface area contributed by atoms with Crippen LogP contribution in [0, 0.1) is 12.7 Å². The van der Waals surface area contributed by atoms with Crippen molar-refractivity contribution in [2.45, 2.75) is 20.1 Å². The maximum atomic E-state index is 14.7. The summed E-state index contributed by atoms with van der Waals surface area (Å²) in [5.41, 5.74) is 2.81. The van der Waals surface area contributed by atoms with Crippen LogP contribution in [0.3, 0.4) is 0 Å². The van der Waals surface area contributed by atoms with Crippen molar-refractivity contribution in [3.63, 3.8) is 0 Å². The van der Waals surface area contributed by atoms with Gasteiger partial charge in [-0.05, 0) is 31.2 Å². The first-order chi connectivity index (χ1) is 17.4. The van der Waals surface area contributed by atoms with Gasteiger partial charge in [-0.25, -0.2) is 24.1 Å². The molecule has 2 N–H and O–H groups in total. The first-order valence-electron chi connectivity index (χ1n) is 10.9. The van der Waals surface area contributed by atoms with Gasteiger partial charge in [-0.15, -0.1) is 0 Å². The molecule has 0 aliphatic carbocycles. The molecule has 0 saturated heterocycles. The number of benzene rings is 2. The standard InChI is InChI=1S/C24H21FN8O3/c1-14-3-5-17(6-4-14)30-21(34)11-33-19-8-16(25)7-18(22(19)32(2)24(33)35)15-9-26-23(27-10-15)36-12-20-28-13-29-31-20/h3-10,13H,11-12H2,1-2H3,(H,30,34)(H,28,29,31). The summed E-state index contributed by atoms with van der Waals surface area (Å²) in [6.45, 7) is 1.76. The van der Waals surface area contributed by atoms with Crippen LogP contribution < -0.4 is 15.7 Å². The third-order valence-electron chi connectivity index (χ3n) is 5.58. The molecule has 0 bridgehead atoms. The highest BCUT2D eigenvalue weighted by Gasteiger charge is 2.19. The average Bonchev–Trinajstić information content (AvgIpc) is 3.47. The smallest absolute Gasteiger partial charge is 0.329 e. The fraction of sp³-hybridized carbons (Fsp3) is 0.167. The van der Waals surface area contributed by atoms with Crippen LogP contribution >= 0.6 is 0 Å². The molecule has 0 spiro atoms. The summed E-state index contributed by atoms with van der Waals surface area (Å²) in [4.78, 5) is 38.0. The molecule has 0 radical (unpaired) electrons. The van der Waals surface area contributed by atoms with E-state index in [1.807, 2.05) is 19.1 Å². The second kappa shape index (κ2) is 9.41. The molecular weight excluding hydrogens is 467 g/mol. The van der Waals surface area contributed by atoms with Crippen LogP contribution in [-0.4, -0.2) is 40.2 Å². The van der Waals surface area contributed by atoms with E-state index in [2.05, 4.69) is 30.5 Å². The van der Waals surface area contributed by atoms with Crippen molar-refractivity contribution >= 4 is 22.6 Å². The minimum absolute atomic E-state index is 0.0991. The van der Waals surface area contributed by atoms with E-state index in [4.69, 9.17) is 4.74 Å². The topological polar surface area (TPSA) is 133 Å².